The second-order valence-electron chi connectivity index (χ2n) is 7.97. The van der Waals surface area contributed by atoms with Crippen molar-refractivity contribution in [3.63, 3.8) is 0 Å². The maximum absolute atomic E-state index is 9.89. The number of nitrogens with two attached hydrogens (primary N) is 1. The van der Waals surface area contributed by atoms with Gasteiger partial charge >= 0.3 is 0 Å². The van der Waals surface area contributed by atoms with Crippen LogP contribution >= 0.6 is 0 Å². The van der Waals surface area contributed by atoms with Crippen molar-refractivity contribution in [2.24, 2.45) is 0 Å². The molecule has 3 aromatic rings. The van der Waals surface area contributed by atoms with Gasteiger partial charge in [-0.2, -0.15) is 5.26 Å². The molecule has 5 rings (SSSR count). The van der Waals surface area contributed by atoms with Gasteiger partial charge in [0.15, 0.2) is 0 Å². The molecule has 0 amide bonds. The number of hydrogen-bond donors (Lipinski definition) is 1. The van der Waals surface area contributed by atoms with E-state index in [1.165, 1.54) is 5.56 Å². The largest absolute Gasteiger partial charge is 0.368 e. The number of nitriles is 1. The molecule has 3 heterocycles. The number of nitrogen functional groups attached to an aromatic ring is 1. The molecule has 1 aliphatic heterocycles. The van der Waals surface area contributed by atoms with Gasteiger partial charge in [0, 0.05) is 30.1 Å². The lowest BCUT2D eigenvalue weighted by Gasteiger charge is -2.41. The van der Waals surface area contributed by atoms with Gasteiger partial charge in [-0.05, 0) is 49.8 Å². The summed E-state index contributed by atoms with van der Waals surface area (Å²) in [4.78, 5) is 16.0. The number of hydrogen-bond acceptors (Lipinski definition) is 6. The van der Waals surface area contributed by atoms with Crippen LogP contribution in [0.3, 0.4) is 0 Å². The molecule has 1 spiro atoms. The van der Waals surface area contributed by atoms with Gasteiger partial charge in [0.2, 0.25) is 5.95 Å². The van der Waals surface area contributed by atoms with Crippen LogP contribution in [0, 0.1) is 18.3 Å². The SMILES string of the molecule is Cc1c(C#N)c(N2CCCC3(CCc4cnc(N)nc43)C2)nc2ccccc12. The van der Waals surface area contributed by atoms with Crippen LogP contribution < -0.4 is 10.6 Å². The third kappa shape index (κ3) is 2.43. The summed E-state index contributed by atoms with van der Waals surface area (Å²) in [7, 11) is 0. The quantitative estimate of drug-likeness (QED) is 0.707. The minimum absolute atomic E-state index is 0.0292. The van der Waals surface area contributed by atoms with Crippen molar-refractivity contribution in [2.45, 2.75) is 38.0 Å². The van der Waals surface area contributed by atoms with E-state index in [2.05, 4.69) is 20.9 Å². The predicted molar refractivity (Wildman–Crippen MR) is 109 cm³/mol. The lowest BCUT2D eigenvalue weighted by molar-refractivity contribution is 0.333. The van der Waals surface area contributed by atoms with Gasteiger partial charge in [0.25, 0.3) is 0 Å². The van der Waals surface area contributed by atoms with Gasteiger partial charge in [-0.1, -0.05) is 18.2 Å². The molecule has 0 radical (unpaired) electrons. The molecule has 1 unspecified atom stereocenters. The molecular weight excluding hydrogens is 348 g/mol. The van der Waals surface area contributed by atoms with Crippen LogP contribution in [0.2, 0.25) is 0 Å². The molecule has 1 aliphatic carbocycles. The van der Waals surface area contributed by atoms with E-state index in [1.54, 1.807) is 0 Å². The van der Waals surface area contributed by atoms with E-state index in [9.17, 15) is 5.26 Å². The molecule has 2 aliphatic rings. The molecule has 2 aromatic heterocycles. The summed E-state index contributed by atoms with van der Waals surface area (Å²) >= 11 is 0. The van der Waals surface area contributed by atoms with Crippen LogP contribution in [0.5, 0.6) is 0 Å². The lowest BCUT2D eigenvalue weighted by Crippen LogP contribution is -2.46. The Morgan fingerprint density at radius 1 is 1.21 bits per heavy atom. The van der Waals surface area contributed by atoms with Gasteiger partial charge in [-0.3, -0.25) is 0 Å². The van der Waals surface area contributed by atoms with Crippen LogP contribution in [-0.2, 0) is 11.8 Å². The maximum Gasteiger partial charge on any atom is 0.220 e. The van der Waals surface area contributed by atoms with Crippen LogP contribution in [-0.4, -0.2) is 28.0 Å². The summed E-state index contributed by atoms with van der Waals surface area (Å²) in [5.74, 6) is 1.14. The summed E-state index contributed by atoms with van der Waals surface area (Å²) in [6, 6.07) is 10.5. The smallest absolute Gasteiger partial charge is 0.220 e. The van der Waals surface area contributed by atoms with Crippen molar-refractivity contribution in [3.8, 4) is 6.07 Å². The standard InChI is InChI=1S/C22H22N6/c1-14-16-5-2-3-6-18(16)26-20(17(14)11-23)28-10-4-8-22(13-28)9-7-15-12-25-21(24)27-19(15)22/h2-3,5-6,12H,4,7-10,13H2,1H3,(H2,24,25,27). The normalized spacial score (nSPS) is 21.1. The zero-order valence-corrected chi connectivity index (χ0v) is 15.9. The number of aromatic nitrogens is 3. The van der Waals surface area contributed by atoms with Crippen molar-refractivity contribution < 1.29 is 0 Å². The number of rotatable bonds is 1. The fourth-order valence-corrected chi connectivity index (χ4v) is 4.99. The number of aryl methyl sites for hydroxylation is 2. The van der Waals surface area contributed by atoms with Crippen LogP contribution in [0.1, 0.15) is 41.6 Å². The average molecular weight is 370 g/mol. The van der Waals surface area contributed by atoms with Crippen molar-refractivity contribution in [1.29, 1.82) is 5.26 Å². The molecule has 1 saturated heterocycles. The number of fused-ring (bicyclic) bond motifs is 3. The number of para-hydroxylation sites is 1. The molecule has 140 valence electrons. The monoisotopic (exact) mass is 370 g/mol. The minimum Gasteiger partial charge on any atom is -0.368 e. The molecule has 1 atom stereocenters. The maximum atomic E-state index is 9.89. The average Bonchev–Trinajstić information content (AvgIpc) is 3.05. The Morgan fingerprint density at radius 2 is 2.07 bits per heavy atom. The highest BCUT2D eigenvalue weighted by atomic mass is 15.2. The molecule has 6 heteroatoms. The lowest BCUT2D eigenvalue weighted by atomic mass is 9.77. The topological polar surface area (TPSA) is 91.7 Å². The van der Waals surface area contributed by atoms with E-state index >= 15 is 0 Å². The van der Waals surface area contributed by atoms with Crippen LogP contribution in [0.4, 0.5) is 11.8 Å². The van der Waals surface area contributed by atoms with E-state index in [0.29, 0.717) is 11.5 Å². The molecule has 2 N–H and O–H groups in total. The van der Waals surface area contributed by atoms with Gasteiger partial charge in [0.1, 0.15) is 11.9 Å². The number of anilines is 2. The van der Waals surface area contributed by atoms with Crippen molar-refractivity contribution in [3.05, 3.63) is 52.8 Å². The Balaban J connectivity index is 1.61. The molecule has 6 nitrogen and oxygen atoms in total. The molecule has 1 fully saturated rings. The second kappa shape index (κ2) is 6.16. The third-order valence-electron chi connectivity index (χ3n) is 6.38. The van der Waals surface area contributed by atoms with Gasteiger partial charge in [0.05, 0.1) is 16.8 Å². The van der Waals surface area contributed by atoms with E-state index < -0.39 is 0 Å². The van der Waals surface area contributed by atoms with E-state index in [0.717, 1.165) is 66.8 Å². The van der Waals surface area contributed by atoms with E-state index in [-0.39, 0.29) is 5.41 Å². The zero-order chi connectivity index (χ0) is 19.3. The number of nitrogens with zero attached hydrogens (tertiary/aromatic N) is 5. The van der Waals surface area contributed by atoms with E-state index in [4.69, 9.17) is 10.7 Å². The molecule has 0 bridgehead atoms. The predicted octanol–water partition coefficient (Wildman–Crippen LogP) is 3.27. The first kappa shape index (κ1) is 16.9. The number of pyridine rings is 1. The first-order valence-corrected chi connectivity index (χ1v) is 9.77. The summed E-state index contributed by atoms with van der Waals surface area (Å²) in [5.41, 5.74) is 10.8. The molecule has 1 aromatic carbocycles. The Hall–Kier alpha value is -3.20. The Bertz CT molecular complexity index is 1130. The highest BCUT2D eigenvalue weighted by Gasteiger charge is 2.44. The first-order chi connectivity index (χ1) is 13.6. The summed E-state index contributed by atoms with van der Waals surface area (Å²) < 4.78 is 0. The second-order valence-corrected chi connectivity index (χ2v) is 7.97. The molecule has 28 heavy (non-hydrogen) atoms. The summed E-state index contributed by atoms with van der Waals surface area (Å²) in [6.45, 7) is 3.73. The summed E-state index contributed by atoms with van der Waals surface area (Å²) in [6.07, 6.45) is 6.04. The van der Waals surface area contributed by atoms with Crippen molar-refractivity contribution >= 4 is 22.7 Å². The Labute approximate surface area is 164 Å². The minimum atomic E-state index is -0.0292. The highest BCUT2D eigenvalue weighted by molar-refractivity contribution is 5.87. The Kier molecular flexibility index (Phi) is 3.73. The zero-order valence-electron chi connectivity index (χ0n) is 15.9. The fraction of sp³-hybridized carbons (Fsp3) is 0.364. The van der Waals surface area contributed by atoms with Crippen LogP contribution in [0.25, 0.3) is 10.9 Å². The first-order valence-electron chi connectivity index (χ1n) is 9.77. The van der Waals surface area contributed by atoms with Gasteiger partial charge < -0.3 is 10.6 Å². The van der Waals surface area contributed by atoms with Crippen molar-refractivity contribution in [2.75, 3.05) is 23.7 Å². The third-order valence-corrected chi connectivity index (χ3v) is 6.38. The molecule has 0 saturated carbocycles. The van der Waals surface area contributed by atoms with Gasteiger partial charge in [-0.15, -0.1) is 0 Å². The van der Waals surface area contributed by atoms with Gasteiger partial charge in [-0.25, -0.2) is 15.0 Å². The summed E-state index contributed by atoms with van der Waals surface area (Å²) in [5, 5.41) is 10.9. The molecular formula is C22H22N6. The fourth-order valence-electron chi connectivity index (χ4n) is 4.99. The number of benzene rings is 1. The Morgan fingerprint density at radius 3 is 2.93 bits per heavy atom. The van der Waals surface area contributed by atoms with E-state index in [1.807, 2.05) is 37.4 Å². The van der Waals surface area contributed by atoms with Crippen LogP contribution in [0.15, 0.2) is 30.5 Å². The highest BCUT2D eigenvalue weighted by Crippen LogP contribution is 2.45. The van der Waals surface area contributed by atoms with Crippen molar-refractivity contribution in [1.82, 2.24) is 15.0 Å². The number of piperidine rings is 1.